The van der Waals surface area contributed by atoms with Gasteiger partial charge in [0.2, 0.25) is 0 Å². The molecule has 0 fully saturated rings. The summed E-state index contributed by atoms with van der Waals surface area (Å²) >= 11 is 0. The molecule has 8 heavy (non-hydrogen) atoms. The molecule has 0 atom stereocenters. The zero-order valence-electron chi connectivity index (χ0n) is 4.33. The predicted molar refractivity (Wildman–Crippen MR) is 30.0 cm³/mol. The number of nitrogens with zero attached hydrogens (tertiary/aromatic N) is 2. The third kappa shape index (κ3) is 0.904. The molecule has 0 aliphatic heterocycles. The third-order valence-electron chi connectivity index (χ3n) is 0.744. The van der Waals surface area contributed by atoms with Crippen LogP contribution in [0.5, 0.6) is 0 Å². The van der Waals surface area contributed by atoms with Gasteiger partial charge in [0.25, 0.3) is 0 Å². The Bertz CT molecular complexity index is 169. The van der Waals surface area contributed by atoms with Gasteiger partial charge < -0.3 is 0 Å². The average Bonchev–Trinajstić information content (AvgIpc) is 1.90. The van der Waals surface area contributed by atoms with Crippen LogP contribution in [0.1, 0.15) is 5.69 Å². The first-order chi connectivity index (χ1) is 3.93. The van der Waals surface area contributed by atoms with Crippen molar-refractivity contribution in [2.75, 3.05) is 0 Å². The molecule has 2 nitrogen and oxygen atoms in total. The minimum atomic E-state index is 0.688. The van der Waals surface area contributed by atoms with Gasteiger partial charge in [-0.05, 0) is 0 Å². The molecule has 0 saturated carbocycles. The Morgan fingerprint density at radius 1 is 1.50 bits per heavy atom. The SMILES string of the molecule is C=[C]c1cnccn1. The van der Waals surface area contributed by atoms with Gasteiger partial charge in [0.05, 0.1) is 11.9 Å². The Kier molecular flexibility index (Phi) is 1.37. The van der Waals surface area contributed by atoms with Crippen molar-refractivity contribution in [2.45, 2.75) is 0 Å². The summed E-state index contributed by atoms with van der Waals surface area (Å²) in [5.74, 6) is 0. The molecular formula is C6H5N2. The molecule has 0 spiro atoms. The molecule has 0 unspecified atom stereocenters. The van der Waals surface area contributed by atoms with Crippen molar-refractivity contribution in [1.82, 2.24) is 9.97 Å². The molecule has 0 aromatic carbocycles. The zero-order chi connectivity index (χ0) is 5.82. The first kappa shape index (κ1) is 4.97. The van der Waals surface area contributed by atoms with Crippen LogP contribution in [-0.4, -0.2) is 9.97 Å². The highest BCUT2D eigenvalue weighted by molar-refractivity contribution is 5.02. The number of hydrogen-bond acceptors (Lipinski definition) is 2. The second-order valence-corrected chi connectivity index (χ2v) is 1.27. The van der Waals surface area contributed by atoms with E-state index in [4.69, 9.17) is 0 Å². The fourth-order valence-corrected chi connectivity index (χ4v) is 0.390. The summed E-state index contributed by atoms with van der Waals surface area (Å²) in [7, 11) is 0. The number of aromatic nitrogens is 2. The second-order valence-electron chi connectivity index (χ2n) is 1.27. The normalized spacial score (nSPS) is 8.50. The third-order valence-corrected chi connectivity index (χ3v) is 0.744. The smallest absolute Gasteiger partial charge is 0.0885 e. The molecule has 0 bridgehead atoms. The Morgan fingerprint density at radius 3 is 2.75 bits per heavy atom. The fraction of sp³-hybridized carbons (Fsp3) is 0. The fourth-order valence-electron chi connectivity index (χ4n) is 0.390. The molecule has 1 rings (SSSR count). The summed E-state index contributed by atoms with van der Waals surface area (Å²) in [6.45, 7) is 3.40. The summed E-state index contributed by atoms with van der Waals surface area (Å²) in [6.07, 6.45) is 7.42. The van der Waals surface area contributed by atoms with Crippen LogP contribution in [0.2, 0.25) is 0 Å². The lowest BCUT2D eigenvalue weighted by Crippen LogP contribution is -1.79. The van der Waals surface area contributed by atoms with Crippen molar-refractivity contribution in [1.29, 1.82) is 0 Å². The van der Waals surface area contributed by atoms with Crippen molar-refractivity contribution in [3.05, 3.63) is 36.9 Å². The van der Waals surface area contributed by atoms with Crippen LogP contribution in [0, 0.1) is 6.08 Å². The van der Waals surface area contributed by atoms with Crippen LogP contribution in [0.3, 0.4) is 0 Å². The van der Waals surface area contributed by atoms with Crippen LogP contribution >= 0.6 is 0 Å². The summed E-state index contributed by atoms with van der Waals surface area (Å²) < 4.78 is 0. The van der Waals surface area contributed by atoms with Crippen molar-refractivity contribution < 1.29 is 0 Å². The Labute approximate surface area is 47.9 Å². The highest BCUT2D eigenvalue weighted by Gasteiger charge is 1.79. The summed E-state index contributed by atoms with van der Waals surface area (Å²) in [6, 6.07) is 0. The Hall–Kier alpha value is -1.18. The minimum absolute atomic E-state index is 0.688. The van der Waals surface area contributed by atoms with Gasteiger partial charge in [0.15, 0.2) is 0 Å². The lowest BCUT2D eigenvalue weighted by Gasteiger charge is -1.83. The van der Waals surface area contributed by atoms with Crippen LogP contribution in [-0.2, 0) is 0 Å². The monoisotopic (exact) mass is 105 g/mol. The number of hydrogen-bond donors (Lipinski definition) is 0. The van der Waals surface area contributed by atoms with E-state index in [0.717, 1.165) is 0 Å². The van der Waals surface area contributed by atoms with E-state index in [-0.39, 0.29) is 0 Å². The van der Waals surface area contributed by atoms with E-state index in [2.05, 4.69) is 22.6 Å². The van der Waals surface area contributed by atoms with E-state index >= 15 is 0 Å². The summed E-state index contributed by atoms with van der Waals surface area (Å²) in [5, 5.41) is 0. The molecule has 2 heteroatoms. The molecule has 0 N–H and O–H groups in total. The van der Waals surface area contributed by atoms with Gasteiger partial charge in [-0.3, -0.25) is 9.97 Å². The molecular weight excluding hydrogens is 100 g/mol. The lowest BCUT2D eigenvalue weighted by atomic mass is 10.5. The van der Waals surface area contributed by atoms with Crippen LogP contribution in [0.15, 0.2) is 25.2 Å². The molecule has 1 aromatic rings. The van der Waals surface area contributed by atoms with Gasteiger partial charge in [0, 0.05) is 18.5 Å². The van der Waals surface area contributed by atoms with Crippen molar-refractivity contribution >= 4 is 0 Å². The highest BCUT2D eigenvalue weighted by Crippen LogP contribution is 1.85. The van der Waals surface area contributed by atoms with E-state index in [9.17, 15) is 0 Å². The zero-order valence-corrected chi connectivity index (χ0v) is 4.33. The maximum Gasteiger partial charge on any atom is 0.0885 e. The lowest BCUT2D eigenvalue weighted by molar-refractivity contribution is 1.15. The van der Waals surface area contributed by atoms with E-state index in [1.165, 1.54) is 0 Å². The summed E-state index contributed by atoms with van der Waals surface area (Å²) in [4.78, 5) is 7.65. The maximum atomic E-state index is 3.86. The van der Waals surface area contributed by atoms with Crippen LogP contribution in [0.25, 0.3) is 0 Å². The quantitative estimate of drug-likeness (QED) is 0.528. The standard InChI is InChI=1S/C6H5N2/c1-2-6-5-7-3-4-8-6/h3-5H,1H2. The van der Waals surface area contributed by atoms with Crippen molar-refractivity contribution in [3.63, 3.8) is 0 Å². The Balaban J connectivity index is 2.99. The van der Waals surface area contributed by atoms with E-state index in [1.54, 1.807) is 18.6 Å². The highest BCUT2D eigenvalue weighted by atomic mass is 14.7. The number of rotatable bonds is 1. The van der Waals surface area contributed by atoms with Crippen molar-refractivity contribution in [2.24, 2.45) is 0 Å². The molecule has 1 aromatic heterocycles. The first-order valence-electron chi connectivity index (χ1n) is 2.22. The molecule has 0 amide bonds. The predicted octanol–water partition coefficient (Wildman–Crippen LogP) is 0.814. The van der Waals surface area contributed by atoms with Gasteiger partial charge >= 0.3 is 0 Å². The van der Waals surface area contributed by atoms with E-state index < -0.39 is 0 Å². The average molecular weight is 105 g/mol. The molecule has 1 heterocycles. The van der Waals surface area contributed by atoms with Crippen LogP contribution in [0.4, 0.5) is 0 Å². The Morgan fingerprint density at radius 2 is 2.38 bits per heavy atom. The van der Waals surface area contributed by atoms with Gasteiger partial charge in [-0.15, -0.1) is 0 Å². The van der Waals surface area contributed by atoms with Gasteiger partial charge in [-0.25, -0.2) is 0 Å². The van der Waals surface area contributed by atoms with Gasteiger partial charge in [-0.2, -0.15) is 0 Å². The minimum Gasteiger partial charge on any atom is -0.261 e. The molecule has 39 valence electrons. The molecule has 0 aliphatic rings. The summed E-state index contributed by atoms with van der Waals surface area (Å²) in [5.41, 5.74) is 0.688. The second kappa shape index (κ2) is 2.21. The molecule has 1 radical (unpaired) electrons. The van der Waals surface area contributed by atoms with E-state index in [1.807, 2.05) is 0 Å². The molecule has 0 saturated heterocycles. The largest absolute Gasteiger partial charge is 0.261 e. The maximum absolute atomic E-state index is 3.86. The van der Waals surface area contributed by atoms with E-state index in [0.29, 0.717) is 5.69 Å². The van der Waals surface area contributed by atoms with Gasteiger partial charge in [0.1, 0.15) is 0 Å². The van der Waals surface area contributed by atoms with Crippen molar-refractivity contribution in [3.8, 4) is 0 Å². The van der Waals surface area contributed by atoms with Crippen LogP contribution < -0.4 is 0 Å². The topological polar surface area (TPSA) is 25.8 Å². The first-order valence-corrected chi connectivity index (χ1v) is 2.22. The van der Waals surface area contributed by atoms with Gasteiger partial charge in [-0.1, -0.05) is 6.58 Å². The molecule has 0 aliphatic carbocycles.